The van der Waals surface area contributed by atoms with E-state index in [1.54, 1.807) is 0 Å². The highest BCUT2D eigenvalue weighted by atomic mass is 16.6. The molecule has 0 fully saturated rings. The smallest absolute Gasteiger partial charge is 0.336 e. The van der Waals surface area contributed by atoms with Crippen molar-refractivity contribution >= 4 is 29.0 Å². The Bertz CT molecular complexity index is 638. The predicted molar refractivity (Wildman–Crippen MR) is 73.2 cm³/mol. The third-order valence-corrected chi connectivity index (χ3v) is 2.72. The van der Waals surface area contributed by atoms with Crippen LogP contribution in [0.3, 0.4) is 0 Å². The fraction of sp³-hybridized carbons (Fsp3) is 0.273. The van der Waals surface area contributed by atoms with Crippen molar-refractivity contribution in [1.29, 1.82) is 0 Å². The summed E-state index contributed by atoms with van der Waals surface area (Å²) in [5, 5.41) is 42.2. The summed E-state index contributed by atoms with van der Waals surface area (Å²) < 4.78 is 4.34. The molecule has 1 unspecified atom stereocenters. The summed E-state index contributed by atoms with van der Waals surface area (Å²) in [6.07, 6.45) is 0. The molecule has 0 aromatic heterocycles. The van der Waals surface area contributed by atoms with Gasteiger partial charge in [0.05, 0.1) is 29.1 Å². The number of anilines is 1. The molecule has 0 saturated carbocycles. The lowest BCUT2D eigenvalue weighted by atomic mass is 10.1. The molecule has 0 radical (unpaired) electrons. The number of ether oxygens (including phenoxy) is 1. The van der Waals surface area contributed by atoms with Crippen molar-refractivity contribution in [3.8, 4) is 0 Å². The summed E-state index contributed by atoms with van der Waals surface area (Å²) in [5.74, 6) is -2.62. The van der Waals surface area contributed by atoms with Gasteiger partial charge in [-0.15, -0.1) is 0 Å². The number of carbonyl (C=O) groups excluding carboxylic acids is 1. The Balaban J connectivity index is 3.54. The van der Waals surface area contributed by atoms with E-state index >= 15 is 0 Å². The molecule has 0 aliphatic carbocycles. The number of esters is 1. The van der Waals surface area contributed by atoms with Crippen molar-refractivity contribution in [2.24, 2.45) is 0 Å². The number of aliphatic hydroxyl groups is 1. The van der Waals surface area contributed by atoms with Gasteiger partial charge in [0.25, 0.3) is 11.4 Å². The first kappa shape index (κ1) is 17.8. The standard InChI is InChI=1S/C11H11N3O9/c1-23-11(18)6(4-15)12-9-7(13(19)20)2-5(10(16)17)3-8(9)14(21)22/h2-3,6,12,15H,4H2,1H3,(H,16,17). The number of aromatic carboxylic acids is 1. The molecular weight excluding hydrogens is 318 g/mol. The van der Waals surface area contributed by atoms with Crippen LogP contribution in [-0.4, -0.2) is 51.8 Å². The molecule has 1 aromatic carbocycles. The van der Waals surface area contributed by atoms with E-state index in [1.807, 2.05) is 0 Å². The zero-order valence-corrected chi connectivity index (χ0v) is 11.6. The number of nitrogens with one attached hydrogen (secondary N) is 1. The van der Waals surface area contributed by atoms with E-state index in [4.69, 9.17) is 10.2 Å². The van der Waals surface area contributed by atoms with Crippen LogP contribution in [0.15, 0.2) is 12.1 Å². The number of nitro groups is 2. The fourth-order valence-electron chi connectivity index (χ4n) is 1.67. The van der Waals surface area contributed by atoms with Crippen molar-refractivity contribution < 1.29 is 34.4 Å². The molecule has 1 aromatic rings. The first-order valence-electron chi connectivity index (χ1n) is 5.88. The molecule has 3 N–H and O–H groups in total. The molecule has 0 saturated heterocycles. The molecule has 1 atom stereocenters. The van der Waals surface area contributed by atoms with Gasteiger partial charge < -0.3 is 20.3 Å². The molecule has 0 amide bonds. The Labute approximate surface area is 127 Å². The molecular formula is C11H11N3O9. The number of carboxylic acid groups (broad SMARTS) is 1. The molecule has 0 heterocycles. The zero-order valence-electron chi connectivity index (χ0n) is 11.6. The highest BCUT2D eigenvalue weighted by molar-refractivity contribution is 5.93. The molecule has 0 bridgehead atoms. The van der Waals surface area contributed by atoms with E-state index in [0.717, 1.165) is 7.11 Å². The van der Waals surface area contributed by atoms with Crippen LogP contribution in [0.1, 0.15) is 10.4 Å². The summed E-state index contributed by atoms with van der Waals surface area (Å²) in [4.78, 5) is 42.3. The minimum atomic E-state index is -1.60. The van der Waals surface area contributed by atoms with Gasteiger partial charge >= 0.3 is 11.9 Å². The van der Waals surface area contributed by atoms with Crippen LogP contribution in [0.4, 0.5) is 17.1 Å². The summed E-state index contributed by atoms with van der Waals surface area (Å²) in [6, 6.07) is -0.305. The maximum Gasteiger partial charge on any atom is 0.336 e. The second-order valence-corrected chi connectivity index (χ2v) is 4.11. The Kier molecular flexibility index (Phi) is 5.51. The SMILES string of the molecule is COC(=O)C(CO)Nc1c([N+](=O)[O-])cc(C(=O)O)cc1[N+](=O)[O-]. The van der Waals surface area contributed by atoms with Gasteiger partial charge in [0.2, 0.25) is 0 Å². The van der Waals surface area contributed by atoms with E-state index in [9.17, 15) is 29.8 Å². The van der Waals surface area contributed by atoms with Gasteiger partial charge in [-0.2, -0.15) is 0 Å². The Morgan fingerprint density at radius 3 is 2.04 bits per heavy atom. The van der Waals surface area contributed by atoms with Crippen molar-refractivity contribution in [2.75, 3.05) is 19.0 Å². The van der Waals surface area contributed by atoms with Gasteiger partial charge in [-0.3, -0.25) is 20.2 Å². The van der Waals surface area contributed by atoms with Crippen LogP contribution in [0.2, 0.25) is 0 Å². The third-order valence-electron chi connectivity index (χ3n) is 2.72. The van der Waals surface area contributed by atoms with Crippen molar-refractivity contribution in [3.05, 3.63) is 37.9 Å². The molecule has 12 heteroatoms. The van der Waals surface area contributed by atoms with Crippen LogP contribution in [0.25, 0.3) is 0 Å². The summed E-state index contributed by atoms with van der Waals surface area (Å²) >= 11 is 0. The molecule has 0 spiro atoms. The van der Waals surface area contributed by atoms with Crippen molar-refractivity contribution in [1.82, 2.24) is 0 Å². The van der Waals surface area contributed by atoms with Gasteiger partial charge in [-0.1, -0.05) is 0 Å². The first-order valence-corrected chi connectivity index (χ1v) is 5.88. The number of hydrogen-bond donors (Lipinski definition) is 3. The zero-order chi connectivity index (χ0) is 17.7. The third kappa shape index (κ3) is 3.88. The van der Waals surface area contributed by atoms with E-state index in [1.165, 1.54) is 0 Å². The van der Waals surface area contributed by atoms with Gasteiger partial charge in [0.15, 0.2) is 5.69 Å². The second-order valence-electron chi connectivity index (χ2n) is 4.11. The molecule has 124 valence electrons. The Morgan fingerprint density at radius 1 is 1.26 bits per heavy atom. The molecule has 12 nitrogen and oxygen atoms in total. The van der Waals surface area contributed by atoms with Crippen LogP contribution in [0.5, 0.6) is 0 Å². The van der Waals surface area contributed by atoms with E-state index in [2.05, 4.69) is 10.1 Å². The fourth-order valence-corrected chi connectivity index (χ4v) is 1.67. The Hall–Kier alpha value is -3.28. The highest BCUT2D eigenvalue weighted by Gasteiger charge is 2.32. The molecule has 0 aliphatic heterocycles. The van der Waals surface area contributed by atoms with Crippen LogP contribution in [0, 0.1) is 20.2 Å². The quantitative estimate of drug-likeness (QED) is 0.353. The summed E-state index contributed by atoms with van der Waals surface area (Å²) in [6.45, 7) is -0.859. The number of methoxy groups -OCH3 is 1. The number of nitrogens with zero attached hydrogens (tertiary/aromatic N) is 2. The largest absolute Gasteiger partial charge is 0.478 e. The number of carbonyl (C=O) groups is 2. The number of hydrogen-bond acceptors (Lipinski definition) is 9. The number of rotatable bonds is 7. The normalized spacial score (nSPS) is 11.4. The topological polar surface area (TPSA) is 182 Å². The average molecular weight is 329 g/mol. The molecule has 1 rings (SSSR count). The minimum absolute atomic E-state index is 0.601. The lowest BCUT2D eigenvalue weighted by molar-refractivity contribution is -0.392. The van der Waals surface area contributed by atoms with E-state index in [0.29, 0.717) is 12.1 Å². The van der Waals surface area contributed by atoms with E-state index in [-0.39, 0.29) is 0 Å². The maximum absolute atomic E-state index is 11.4. The summed E-state index contributed by atoms with van der Waals surface area (Å²) in [7, 11) is 0.989. The van der Waals surface area contributed by atoms with Gasteiger partial charge in [-0.05, 0) is 0 Å². The average Bonchev–Trinajstić information content (AvgIpc) is 2.50. The minimum Gasteiger partial charge on any atom is -0.478 e. The second kappa shape index (κ2) is 7.13. The van der Waals surface area contributed by atoms with Crippen LogP contribution < -0.4 is 5.32 Å². The Morgan fingerprint density at radius 2 is 1.74 bits per heavy atom. The van der Waals surface area contributed by atoms with Crippen molar-refractivity contribution in [2.45, 2.75) is 6.04 Å². The van der Waals surface area contributed by atoms with Gasteiger partial charge in [0, 0.05) is 12.1 Å². The van der Waals surface area contributed by atoms with Gasteiger partial charge in [0.1, 0.15) is 6.04 Å². The maximum atomic E-state index is 11.4. The van der Waals surface area contributed by atoms with Crippen LogP contribution in [-0.2, 0) is 9.53 Å². The number of benzene rings is 1. The highest BCUT2D eigenvalue weighted by Crippen LogP contribution is 2.36. The lowest BCUT2D eigenvalue weighted by Gasteiger charge is -2.15. The van der Waals surface area contributed by atoms with Crippen molar-refractivity contribution in [3.63, 3.8) is 0 Å². The number of nitro benzene ring substituents is 2. The molecule has 23 heavy (non-hydrogen) atoms. The number of aliphatic hydroxyl groups excluding tert-OH is 1. The number of carboxylic acids is 1. The van der Waals surface area contributed by atoms with E-state index < -0.39 is 57.1 Å². The van der Waals surface area contributed by atoms with Crippen LogP contribution >= 0.6 is 0 Å². The lowest BCUT2D eigenvalue weighted by Crippen LogP contribution is -2.34. The predicted octanol–water partition coefficient (Wildman–Crippen LogP) is 0.147. The summed E-state index contributed by atoms with van der Waals surface area (Å²) in [5.41, 5.74) is -3.25. The monoisotopic (exact) mass is 329 g/mol. The van der Waals surface area contributed by atoms with Gasteiger partial charge in [-0.25, -0.2) is 9.59 Å². The molecule has 0 aliphatic rings. The first-order chi connectivity index (χ1) is 10.7.